The molecule has 1 heterocycles. The number of para-hydroxylation sites is 1. The topological polar surface area (TPSA) is 66.2 Å². The van der Waals surface area contributed by atoms with Crippen LogP contribution in [-0.4, -0.2) is 60.7 Å². The molecule has 2 aromatic rings. The van der Waals surface area contributed by atoms with Crippen molar-refractivity contribution in [1.82, 2.24) is 4.90 Å². The minimum atomic E-state index is -0.129. The first kappa shape index (κ1) is 21.1. The monoisotopic (exact) mass is 411 g/mol. The first-order chi connectivity index (χ1) is 14.0. The Hall–Kier alpha value is -2.64. The largest absolute Gasteiger partial charge is 0.340 e. The van der Waals surface area contributed by atoms with Gasteiger partial charge in [0, 0.05) is 18.2 Å². The predicted molar refractivity (Wildman–Crippen MR) is 119 cm³/mol. The van der Waals surface area contributed by atoms with E-state index in [1.54, 1.807) is 24.3 Å². The van der Waals surface area contributed by atoms with Crippen LogP contribution in [0.2, 0.25) is 0 Å². The molecule has 1 saturated heterocycles. The van der Waals surface area contributed by atoms with Gasteiger partial charge in [-0.2, -0.15) is 0 Å². The van der Waals surface area contributed by atoms with Crippen LogP contribution in [0, 0.1) is 0 Å². The molecule has 152 valence electrons. The van der Waals surface area contributed by atoms with Crippen molar-refractivity contribution < 1.29 is 14.5 Å². The summed E-state index contributed by atoms with van der Waals surface area (Å²) in [6, 6.07) is 16.9. The Morgan fingerprint density at radius 2 is 1.72 bits per heavy atom. The maximum Gasteiger partial charge on any atom is 0.221 e. The molecule has 29 heavy (non-hydrogen) atoms. The number of thioether (sulfide) groups is 1. The number of carbonyl (C=O) groups is 2. The van der Waals surface area contributed by atoms with Crippen molar-refractivity contribution in [1.29, 1.82) is 0 Å². The van der Waals surface area contributed by atoms with E-state index in [0.717, 1.165) is 37.0 Å². The maximum absolute atomic E-state index is 12.7. The van der Waals surface area contributed by atoms with Crippen LogP contribution in [0.1, 0.15) is 17.3 Å². The number of hydrogen-bond donors (Lipinski definition) is 2. The number of nitrogens with zero attached hydrogens (tertiary/aromatic N) is 2. The van der Waals surface area contributed by atoms with Crippen LogP contribution in [0.5, 0.6) is 0 Å². The van der Waals surface area contributed by atoms with E-state index in [1.165, 1.54) is 23.6 Å². The number of hydrogen-bond acceptors (Lipinski definition) is 4. The van der Waals surface area contributed by atoms with Crippen molar-refractivity contribution in [3.05, 3.63) is 60.2 Å². The third-order valence-electron chi connectivity index (χ3n) is 4.73. The molecule has 1 amide bonds. The minimum Gasteiger partial charge on any atom is -0.340 e. The fraction of sp³-hybridized carbons (Fsp3) is 0.318. The Kier molecular flexibility index (Phi) is 7.43. The first-order valence-electron chi connectivity index (χ1n) is 9.75. The molecular weight excluding hydrogens is 384 g/mol. The van der Waals surface area contributed by atoms with E-state index < -0.39 is 0 Å². The number of nitrogens with one attached hydrogen (secondary N) is 2. The fourth-order valence-corrected chi connectivity index (χ4v) is 4.01. The number of aliphatic imine (C=N–C) groups is 1. The summed E-state index contributed by atoms with van der Waals surface area (Å²) >= 11 is 1.49. The Morgan fingerprint density at radius 3 is 2.34 bits per heavy atom. The van der Waals surface area contributed by atoms with E-state index in [9.17, 15) is 9.59 Å². The lowest BCUT2D eigenvalue weighted by Gasteiger charge is -2.32. The second kappa shape index (κ2) is 10.2. The van der Waals surface area contributed by atoms with Gasteiger partial charge in [-0.05, 0) is 36.4 Å². The smallest absolute Gasteiger partial charge is 0.221 e. The summed E-state index contributed by atoms with van der Waals surface area (Å²) < 4.78 is 0. The van der Waals surface area contributed by atoms with Gasteiger partial charge in [-0.25, -0.2) is 4.99 Å². The first-order valence-corrected chi connectivity index (χ1v) is 10.7. The molecule has 0 unspecified atom stereocenters. The van der Waals surface area contributed by atoms with Crippen molar-refractivity contribution in [3.8, 4) is 0 Å². The molecule has 1 aliphatic rings. The maximum atomic E-state index is 12.7. The van der Waals surface area contributed by atoms with Crippen molar-refractivity contribution >= 4 is 40.0 Å². The molecule has 0 aromatic heterocycles. The molecule has 2 N–H and O–H groups in total. The van der Waals surface area contributed by atoms with E-state index in [-0.39, 0.29) is 11.7 Å². The highest BCUT2D eigenvalue weighted by molar-refractivity contribution is 8.14. The lowest BCUT2D eigenvalue weighted by Crippen LogP contribution is -3.12. The van der Waals surface area contributed by atoms with Crippen molar-refractivity contribution in [2.45, 2.75) is 6.92 Å². The zero-order valence-corrected chi connectivity index (χ0v) is 17.7. The molecule has 0 saturated carbocycles. The van der Waals surface area contributed by atoms with Crippen molar-refractivity contribution in [2.75, 3.05) is 44.3 Å². The molecule has 7 heteroatoms. The molecule has 1 fully saturated rings. The predicted octanol–water partition coefficient (Wildman–Crippen LogP) is 2.08. The number of piperazine rings is 1. The second-order valence-electron chi connectivity index (χ2n) is 7.14. The zero-order valence-electron chi connectivity index (χ0n) is 16.9. The third-order valence-corrected chi connectivity index (χ3v) is 5.74. The van der Waals surface area contributed by atoms with Gasteiger partial charge >= 0.3 is 0 Å². The molecule has 1 aliphatic heterocycles. The lowest BCUT2D eigenvalue weighted by molar-refractivity contribution is -0.883. The molecule has 0 radical (unpaired) electrons. The average molecular weight is 412 g/mol. The van der Waals surface area contributed by atoms with Gasteiger partial charge in [0.2, 0.25) is 5.91 Å². The van der Waals surface area contributed by atoms with E-state index in [0.29, 0.717) is 17.0 Å². The van der Waals surface area contributed by atoms with Crippen LogP contribution in [0.3, 0.4) is 0 Å². The average Bonchev–Trinajstić information content (AvgIpc) is 2.72. The summed E-state index contributed by atoms with van der Waals surface area (Å²) in [7, 11) is 2.20. The Balaban J connectivity index is 1.68. The van der Waals surface area contributed by atoms with Crippen LogP contribution < -0.4 is 10.2 Å². The van der Waals surface area contributed by atoms with Gasteiger partial charge < -0.3 is 15.1 Å². The number of likely N-dealkylation sites (N-methyl/N-ethyl adjacent to an activating group) is 1. The summed E-state index contributed by atoms with van der Waals surface area (Å²) in [5.41, 5.74) is 2.22. The van der Waals surface area contributed by atoms with E-state index >= 15 is 0 Å². The van der Waals surface area contributed by atoms with E-state index in [2.05, 4.69) is 17.3 Å². The number of benzene rings is 2. The number of Topliss-reactive ketones (excluding diaryl/α,β-unsaturated/α-hetero) is 1. The van der Waals surface area contributed by atoms with E-state index in [1.807, 2.05) is 30.3 Å². The van der Waals surface area contributed by atoms with Gasteiger partial charge in [-0.3, -0.25) is 9.59 Å². The van der Waals surface area contributed by atoms with Crippen LogP contribution in [-0.2, 0) is 4.79 Å². The number of amidine groups is 1. The summed E-state index contributed by atoms with van der Waals surface area (Å²) in [5, 5.41) is 3.61. The van der Waals surface area contributed by atoms with Gasteiger partial charge in [0.15, 0.2) is 11.0 Å². The highest BCUT2D eigenvalue weighted by atomic mass is 32.2. The molecule has 6 nitrogen and oxygen atoms in total. The fourth-order valence-electron chi connectivity index (χ4n) is 3.04. The lowest BCUT2D eigenvalue weighted by atomic mass is 10.1. The molecule has 0 spiro atoms. The van der Waals surface area contributed by atoms with Crippen LogP contribution >= 0.6 is 11.8 Å². The van der Waals surface area contributed by atoms with Gasteiger partial charge in [0.05, 0.1) is 44.7 Å². The Morgan fingerprint density at radius 1 is 1.07 bits per heavy atom. The van der Waals surface area contributed by atoms with Gasteiger partial charge in [0.25, 0.3) is 0 Å². The van der Waals surface area contributed by atoms with Crippen LogP contribution in [0.4, 0.5) is 11.4 Å². The van der Waals surface area contributed by atoms with Gasteiger partial charge in [0.1, 0.15) is 0 Å². The Bertz CT molecular complexity index is 860. The van der Waals surface area contributed by atoms with Crippen molar-refractivity contribution in [2.24, 2.45) is 4.99 Å². The molecular formula is C22H27N4O2S+. The highest BCUT2D eigenvalue weighted by Crippen LogP contribution is 2.19. The third kappa shape index (κ3) is 6.44. The zero-order chi connectivity index (χ0) is 20.6. The number of rotatable bonds is 5. The minimum absolute atomic E-state index is 0.0462. The van der Waals surface area contributed by atoms with Crippen LogP contribution in [0.25, 0.3) is 0 Å². The molecule has 0 bridgehead atoms. The van der Waals surface area contributed by atoms with Gasteiger partial charge in [-0.1, -0.05) is 30.0 Å². The van der Waals surface area contributed by atoms with Gasteiger partial charge in [-0.15, -0.1) is 0 Å². The standard InChI is InChI=1S/C22H26N4O2S/c1-17(27)23-20-10-8-18(9-11-20)21(28)16-29-22(24-19-6-4-3-5-7-19)26-14-12-25(2)13-15-26/h3-11H,12-16H2,1-2H3,(H,23,27)/p+1. The van der Waals surface area contributed by atoms with Crippen LogP contribution in [0.15, 0.2) is 59.6 Å². The molecule has 3 rings (SSSR count). The summed E-state index contributed by atoms with van der Waals surface area (Å²) in [6.45, 7) is 5.46. The quantitative estimate of drug-likeness (QED) is 0.449. The number of amides is 1. The molecule has 0 atom stereocenters. The number of carbonyl (C=O) groups excluding carboxylic acids is 2. The number of quaternary nitrogens is 1. The summed E-state index contributed by atoms with van der Waals surface area (Å²) in [4.78, 5) is 32.4. The Labute approximate surface area is 176 Å². The van der Waals surface area contributed by atoms with Crippen molar-refractivity contribution in [3.63, 3.8) is 0 Å². The summed E-state index contributed by atoms with van der Waals surface area (Å²) in [5.74, 6) is 0.241. The number of anilines is 1. The SMILES string of the molecule is CC(=O)Nc1ccc(C(=O)CSC(=Nc2ccccc2)N2CC[NH+](C)CC2)cc1. The normalized spacial score (nSPS) is 15.2. The number of ketones is 1. The highest BCUT2D eigenvalue weighted by Gasteiger charge is 2.21. The molecule has 0 aliphatic carbocycles. The molecule has 2 aromatic carbocycles. The summed E-state index contributed by atoms with van der Waals surface area (Å²) in [6.07, 6.45) is 0. The van der Waals surface area contributed by atoms with E-state index in [4.69, 9.17) is 4.99 Å². The second-order valence-corrected chi connectivity index (χ2v) is 8.09.